The standard InChI is InChI=1S/C17H25ClNO4P/c1-14(17(20)22-13-12-15-8-4-2-5-9-15)19-24(18,21)23-16-10-6-3-7-11-16/h3,6-7,10-11,14-15H,2,4-5,8-9,12-13H2,1H3,(H,19,21)/t14-,24?/m0/s1. The van der Waals surface area contributed by atoms with Gasteiger partial charge in [0, 0.05) is 11.2 Å². The second-order valence-corrected chi connectivity index (χ2v) is 8.93. The molecule has 1 fully saturated rings. The number of halogens is 1. The summed E-state index contributed by atoms with van der Waals surface area (Å²) in [6.45, 7) is -1.71. The average Bonchev–Trinajstić information content (AvgIpc) is 2.55. The molecule has 0 aromatic heterocycles. The molecule has 134 valence electrons. The lowest BCUT2D eigenvalue weighted by molar-refractivity contribution is -0.145. The number of hydrogen-bond acceptors (Lipinski definition) is 4. The van der Waals surface area contributed by atoms with Crippen LogP contribution in [0.3, 0.4) is 0 Å². The van der Waals surface area contributed by atoms with Crippen LogP contribution in [-0.4, -0.2) is 18.6 Å². The van der Waals surface area contributed by atoms with Crippen molar-refractivity contribution in [3.05, 3.63) is 30.3 Å². The third-order valence-corrected chi connectivity index (χ3v) is 5.80. The van der Waals surface area contributed by atoms with Crippen LogP contribution in [0.15, 0.2) is 30.3 Å². The van der Waals surface area contributed by atoms with Crippen molar-refractivity contribution in [1.82, 2.24) is 5.09 Å². The normalized spacial score (nSPS) is 19.2. The fraction of sp³-hybridized carbons (Fsp3) is 0.588. The van der Waals surface area contributed by atoms with Crippen molar-refractivity contribution >= 4 is 24.1 Å². The summed E-state index contributed by atoms with van der Waals surface area (Å²) in [5.74, 6) is 0.555. The maximum atomic E-state index is 12.2. The second-order valence-electron chi connectivity index (χ2n) is 6.19. The van der Waals surface area contributed by atoms with E-state index in [1.807, 2.05) is 6.07 Å². The Morgan fingerprint density at radius 2 is 1.96 bits per heavy atom. The van der Waals surface area contributed by atoms with Crippen molar-refractivity contribution in [2.75, 3.05) is 6.61 Å². The first-order chi connectivity index (χ1) is 11.5. The van der Waals surface area contributed by atoms with E-state index >= 15 is 0 Å². The minimum atomic E-state index is -3.66. The van der Waals surface area contributed by atoms with Crippen LogP contribution in [0.1, 0.15) is 45.4 Å². The number of rotatable bonds is 8. The largest absolute Gasteiger partial charge is 0.465 e. The summed E-state index contributed by atoms with van der Waals surface area (Å²) in [5, 5.41) is 2.52. The molecule has 1 aromatic carbocycles. The number of ether oxygens (including phenoxy) is 1. The van der Waals surface area contributed by atoms with Crippen LogP contribution >= 0.6 is 18.1 Å². The number of esters is 1. The lowest BCUT2D eigenvalue weighted by Crippen LogP contribution is -2.33. The summed E-state index contributed by atoms with van der Waals surface area (Å²) in [5.41, 5.74) is 0. The summed E-state index contributed by atoms with van der Waals surface area (Å²) in [6, 6.07) is 7.78. The highest BCUT2D eigenvalue weighted by Gasteiger charge is 2.28. The second kappa shape index (κ2) is 9.45. The van der Waals surface area contributed by atoms with E-state index in [1.165, 1.54) is 32.1 Å². The quantitative estimate of drug-likeness (QED) is 0.518. The first kappa shape index (κ1) is 19.3. The van der Waals surface area contributed by atoms with Crippen LogP contribution in [0.5, 0.6) is 5.75 Å². The molecule has 1 unspecified atom stereocenters. The molecule has 1 aliphatic rings. The van der Waals surface area contributed by atoms with Gasteiger partial charge in [-0.05, 0) is 31.4 Å². The third kappa shape index (κ3) is 6.84. The highest BCUT2D eigenvalue weighted by Crippen LogP contribution is 2.48. The number of hydrogen-bond donors (Lipinski definition) is 1. The molecule has 1 saturated carbocycles. The Morgan fingerprint density at radius 1 is 1.29 bits per heavy atom. The van der Waals surface area contributed by atoms with E-state index in [4.69, 9.17) is 20.5 Å². The number of benzene rings is 1. The maximum absolute atomic E-state index is 12.2. The lowest BCUT2D eigenvalue weighted by atomic mass is 9.87. The van der Waals surface area contributed by atoms with Gasteiger partial charge in [0.25, 0.3) is 0 Å². The molecule has 0 radical (unpaired) electrons. The molecule has 0 spiro atoms. The molecule has 7 heteroatoms. The molecule has 1 N–H and O–H groups in total. The van der Waals surface area contributed by atoms with E-state index in [-0.39, 0.29) is 0 Å². The molecular formula is C17H25ClNO4P. The molecule has 0 heterocycles. The Kier molecular flexibility index (Phi) is 7.60. The zero-order chi connectivity index (χ0) is 17.4. The van der Waals surface area contributed by atoms with Crippen molar-refractivity contribution < 1.29 is 18.6 Å². The first-order valence-corrected chi connectivity index (χ1v) is 11.0. The SMILES string of the molecule is C[C@H](NP(=O)(Cl)Oc1ccccc1)C(=O)OCCC1CCCCC1. The van der Waals surface area contributed by atoms with Gasteiger partial charge < -0.3 is 9.26 Å². The van der Waals surface area contributed by atoms with Crippen molar-refractivity contribution in [1.29, 1.82) is 0 Å². The molecule has 0 saturated heterocycles. The first-order valence-electron chi connectivity index (χ1n) is 8.45. The van der Waals surface area contributed by atoms with Gasteiger partial charge >= 0.3 is 12.8 Å². The minimum absolute atomic E-state index is 0.376. The van der Waals surface area contributed by atoms with E-state index in [2.05, 4.69) is 5.09 Å². The lowest BCUT2D eigenvalue weighted by Gasteiger charge is -2.22. The molecule has 0 aliphatic heterocycles. The molecular weight excluding hydrogens is 349 g/mol. The van der Waals surface area contributed by atoms with E-state index in [0.29, 0.717) is 18.3 Å². The maximum Gasteiger partial charge on any atom is 0.409 e. The van der Waals surface area contributed by atoms with Crippen LogP contribution in [0.4, 0.5) is 0 Å². The predicted octanol–water partition coefficient (Wildman–Crippen LogP) is 4.90. The van der Waals surface area contributed by atoms with Crippen LogP contribution in [0.25, 0.3) is 0 Å². The molecule has 5 nitrogen and oxygen atoms in total. The highest BCUT2D eigenvalue weighted by atomic mass is 35.7. The summed E-state index contributed by atoms with van der Waals surface area (Å²) in [6.07, 6.45) is 7.16. The molecule has 0 amide bonds. The van der Waals surface area contributed by atoms with Gasteiger partial charge in [0.1, 0.15) is 11.8 Å². The molecule has 2 rings (SSSR count). The van der Waals surface area contributed by atoms with Gasteiger partial charge in [0.15, 0.2) is 0 Å². The van der Waals surface area contributed by atoms with Crippen molar-refractivity contribution in [3.8, 4) is 5.75 Å². The van der Waals surface area contributed by atoms with Crippen LogP contribution in [0.2, 0.25) is 0 Å². The summed E-state index contributed by atoms with van der Waals surface area (Å²) >= 11 is 5.88. The summed E-state index contributed by atoms with van der Waals surface area (Å²) in [4.78, 5) is 12.0. The van der Waals surface area contributed by atoms with E-state index < -0.39 is 18.9 Å². The van der Waals surface area contributed by atoms with E-state index in [0.717, 1.165) is 6.42 Å². The third-order valence-electron chi connectivity index (χ3n) is 4.16. The number of carbonyl (C=O) groups excluding carboxylic acids is 1. The Labute approximate surface area is 148 Å². The van der Waals surface area contributed by atoms with Crippen molar-refractivity contribution in [3.63, 3.8) is 0 Å². The van der Waals surface area contributed by atoms with E-state index in [1.54, 1.807) is 31.2 Å². The van der Waals surface area contributed by atoms with Gasteiger partial charge in [-0.2, -0.15) is 0 Å². The zero-order valence-electron chi connectivity index (χ0n) is 13.9. The summed E-state index contributed by atoms with van der Waals surface area (Å²) < 4.78 is 22.7. The Balaban J connectivity index is 1.72. The van der Waals surface area contributed by atoms with Gasteiger partial charge in [0.2, 0.25) is 0 Å². The van der Waals surface area contributed by atoms with Crippen LogP contribution in [0, 0.1) is 5.92 Å². The van der Waals surface area contributed by atoms with Gasteiger partial charge in [-0.1, -0.05) is 50.3 Å². The molecule has 1 aromatic rings. The number of para-hydroxylation sites is 1. The van der Waals surface area contributed by atoms with Crippen LogP contribution in [-0.2, 0) is 14.1 Å². The average molecular weight is 374 g/mol. The molecule has 24 heavy (non-hydrogen) atoms. The van der Waals surface area contributed by atoms with Crippen molar-refractivity contribution in [2.45, 2.75) is 51.5 Å². The minimum Gasteiger partial charge on any atom is -0.465 e. The van der Waals surface area contributed by atoms with Gasteiger partial charge in [-0.15, -0.1) is 0 Å². The zero-order valence-corrected chi connectivity index (χ0v) is 15.6. The van der Waals surface area contributed by atoms with Gasteiger partial charge in [-0.25, -0.2) is 9.65 Å². The monoisotopic (exact) mass is 373 g/mol. The Morgan fingerprint density at radius 3 is 2.62 bits per heavy atom. The molecule has 1 aliphatic carbocycles. The molecule has 2 atom stereocenters. The van der Waals surface area contributed by atoms with E-state index in [9.17, 15) is 9.36 Å². The van der Waals surface area contributed by atoms with Gasteiger partial charge in [0.05, 0.1) is 6.61 Å². The molecule has 0 bridgehead atoms. The van der Waals surface area contributed by atoms with Gasteiger partial charge in [-0.3, -0.25) is 4.79 Å². The summed E-state index contributed by atoms with van der Waals surface area (Å²) in [7, 11) is 0. The fourth-order valence-corrected chi connectivity index (χ4v) is 4.55. The van der Waals surface area contributed by atoms with Crippen LogP contribution < -0.4 is 9.61 Å². The van der Waals surface area contributed by atoms with Crippen molar-refractivity contribution in [2.24, 2.45) is 5.92 Å². The fourth-order valence-electron chi connectivity index (χ4n) is 2.85. The predicted molar refractivity (Wildman–Crippen MR) is 95.3 cm³/mol. The topological polar surface area (TPSA) is 64.6 Å². The smallest absolute Gasteiger partial charge is 0.409 e. The Bertz CT molecular complexity index is 563. The number of nitrogens with one attached hydrogen (secondary N) is 1. The Hall–Kier alpha value is -1.03. The highest BCUT2D eigenvalue weighted by molar-refractivity contribution is 7.84. The number of carbonyl (C=O) groups is 1.